The molecule has 0 amide bonds. The van der Waals surface area contributed by atoms with Gasteiger partial charge in [-0.25, -0.2) is 18.4 Å². The average molecular weight is 1770 g/mol. The fourth-order valence-electron chi connectivity index (χ4n) is 18.1. The summed E-state index contributed by atoms with van der Waals surface area (Å²) in [5, 5.41) is 6.27. The van der Waals surface area contributed by atoms with E-state index in [0.717, 1.165) is 88.0 Å². The second kappa shape index (κ2) is 41.6. The summed E-state index contributed by atoms with van der Waals surface area (Å²) in [7, 11) is -9.40. The van der Waals surface area contributed by atoms with Crippen LogP contribution in [0.15, 0.2) is 290 Å². The second-order valence-corrected chi connectivity index (χ2v) is 35.3. The van der Waals surface area contributed by atoms with Crippen LogP contribution in [-0.2, 0) is 33.3 Å². The summed E-state index contributed by atoms with van der Waals surface area (Å²) < 4.78 is 70.6. The number of allylic oxidation sites excluding steroid dienone is 6. The highest BCUT2D eigenvalue weighted by Crippen LogP contribution is 2.45. The minimum Gasteiger partial charge on any atom is -0.744 e. The summed E-state index contributed by atoms with van der Waals surface area (Å²) in [5.41, 5.74) is 30.6. The van der Waals surface area contributed by atoms with Crippen molar-refractivity contribution in [2.75, 3.05) is 82.6 Å². The molecule has 16 nitrogen and oxygen atoms in total. The molecule has 0 saturated heterocycles. The van der Waals surface area contributed by atoms with Gasteiger partial charge in [0.25, 0.3) is 10.1 Å². The predicted molar refractivity (Wildman–Crippen MR) is 539 cm³/mol. The van der Waals surface area contributed by atoms with Gasteiger partial charge in [-0.2, -0.15) is 8.42 Å². The monoisotopic (exact) mass is 1770 g/mol. The lowest BCUT2D eigenvalue weighted by atomic mass is 9.82. The Morgan fingerprint density at radius 3 is 0.938 bits per heavy atom. The zero-order valence-electron chi connectivity index (χ0n) is 77.0. The molecule has 15 rings (SSSR count). The van der Waals surface area contributed by atoms with Gasteiger partial charge in [0.15, 0.2) is 24.7 Å². The Morgan fingerprint density at radius 2 is 0.654 bits per heavy atom. The zero-order chi connectivity index (χ0) is 92.8. The van der Waals surface area contributed by atoms with E-state index in [9.17, 15) is 35.5 Å². The topological polar surface area (TPSA) is 211 Å². The van der Waals surface area contributed by atoms with Crippen LogP contribution in [0.1, 0.15) is 187 Å². The highest BCUT2D eigenvalue weighted by Gasteiger charge is 2.36. The van der Waals surface area contributed by atoms with Crippen molar-refractivity contribution in [1.29, 1.82) is 0 Å². The Kier molecular flexibility index (Phi) is 30.1. The molecule has 0 bridgehead atoms. The van der Waals surface area contributed by atoms with Crippen molar-refractivity contribution < 1.29 is 45.5 Å². The van der Waals surface area contributed by atoms with Crippen LogP contribution in [0.4, 0.5) is 45.5 Å². The van der Waals surface area contributed by atoms with Gasteiger partial charge >= 0.3 is 0 Å². The molecule has 3 aliphatic carbocycles. The number of rotatable bonds is 28. The molecule has 12 aromatic carbocycles. The van der Waals surface area contributed by atoms with Crippen molar-refractivity contribution >= 4 is 123 Å². The number of nitrogens with zero attached hydrogens (tertiary/aromatic N) is 4. The molecule has 5 N–H and O–H groups in total. The number of hydrogen-bond donors (Lipinski definition) is 5. The van der Waals surface area contributed by atoms with Crippen molar-refractivity contribution in [3.63, 3.8) is 0 Å². The van der Waals surface area contributed by atoms with Crippen LogP contribution in [-0.4, -0.2) is 101 Å². The Bertz CT molecular complexity index is 6170. The summed E-state index contributed by atoms with van der Waals surface area (Å²) in [6.45, 7) is 44.5. The summed E-state index contributed by atoms with van der Waals surface area (Å²) >= 11 is 0. The number of aryl methyl sites for hydroxylation is 4. The molecule has 12 aromatic rings. The Labute approximate surface area is 768 Å². The fraction of sp³-hybridized carbons (Fsp3) is 0.214. The molecular weight excluding hydrogens is 1650 g/mol. The quantitative estimate of drug-likeness (QED) is 0.0289. The van der Waals surface area contributed by atoms with E-state index >= 15 is 0 Å². The first-order valence-corrected chi connectivity index (χ1v) is 47.6. The maximum absolute atomic E-state index is 14.0. The van der Waals surface area contributed by atoms with Crippen LogP contribution in [0.3, 0.4) is 0 Å². The minimum atomic E-state index is -4.82. The molecule has 130 heavy (non-hydrogen) atoms. The lowest BCUT2D eigenvalue weighted by Gasteiger charge is -2.26. The second-order valence-electron chi connectivity index (χ2n) is 32.6. The van der Waals surface area contributed by atoms with E-state index in [0.29, 0.717) is 28.1 Å². The van der Waals surface area contributed by atoms with E-state index in [2.05, 4.69) is 327 Å². The summed E-state index contributed by atoms with van der Waals surface area (Å²) in [5.74, 6) is -0.921. The van der Waals surface area contributed by atoms with Crippen LogP contribution in [0.2, 0.25) is 0 Å². The molecule has 0 unspecified atom stereocenters. The SMILES string of the molecule is C=Cc1ccc(C[NH+]=C2C=CC(=C(c3ccc(N(CC)CC)cc3)c3ccc(N(CC)CC)cc3)c3ccccc32)cc1.C=Cc1ccc(C[NH+]=C2C=CC(=C(c3ccc(N(CC)CC)cc3)c3ccc(N(CC)CC)cc3)c3ccccc32)cc1.Cc1cc(C)c(S(=O)(=O)[O-])c(C)c1Nc1ccc(Nc2c(C)cc(C)c(S(=O)(=O)O)c2C)c2c1C(=O)c1ccccc1C2=O. The number of benzene rings is 12. The molecule has 0 saturated carbocycles. The van der Waals surface area contributed by atoms with Gasteiger partial charge in [0.05, 0.1) is 38.5 Å². The number of carbonyl (C=O) groups is 2. The molecular formula is C112H117N8O8S2+. The molecule has 0 atom stereocenters. The molecule has 0 radical (unpaired) electrons. The van der Waals surface area contributed by atoms with Crippen LogP contribution in [0.25, 0.3) is 34.4 Å². The van der Waals surface area contributed by atoms with Gasteiger partial charge in [-0.05, 0) is 282 Å². The van der Waals surface area contributed by atoms with E-state index in [1.165, 1.54) is 121 Å². The lowest BCUT2D eigenvalue weighted by Crippen LogP contribution is -2.71. The normalized spacial score (nSPS) is 13.1. The molecule has 664 valence electrons. The van der Waals surface area contributed by atoms with Gasteiger partial charge in [0.2, 0.25) is 11.4 Å². The lowest BCUT2D eigenvalue weighted by molar-refractivity contribution is -0.474. The van der Waals surface area contributed by atoms with Gasteiger partial charge in [0, 0.05) is 121 Å². The number of anilines is 8. The number of carbonyl (C=O) groups excluding carboxylic acids is 2. The highest BCUT2D eigenvalue weighted by atomic mass is 32.2. The number of nitrogens with one attached hydrogen (secondary N) is 4. The van der Waals surface area contributed by atoms with E-state index in [1.807, 2.05) is 12.2 Å². The molecule has 18 heteroatoms. The van der Waals surface area contributed by atoms with Gasteiger partial charge in [-0.1, -0.05) is 195 Å². The van der Waals surface area contributed by atoms with Crippen molar-refractivity contribution in [2.24, 2.45) is 0 Å². The zero-order valence-corrected chi connectivity index (χ0v) is 78.6. The van der Waals surface area contributed by atoms with Crippen molar-refractivity contribution in [2.45, 2.75) is 120 Å². The van der Waals surface area contributed by atoms with Crippen LogP contribution < -0.4 is 40.2 Å². The maximum Gasteiger partial charge on any atom is 0.295 e. The van der Waals surface area contributed by atoms with Crippen molar-refractivity contribution in [1.82, 2.24) is 0 Å². The minimum absolute atomic E-state index is 0.0158. The Hall–Kier alpha value is -13.6. The third-order valence-corrected chi connectivity index (χ3v) is 27.1. The van der Waals surface area contributed by atoms with Gasteiger partial charge in [0.1, 0.15) is 15.0 Å². The van der Waals surface area contributed by atoms with E-state index in [4.69, 9.17) is 0 Å². The first-order chi connectivity index (χ1) is 62.6. The predicted octanol–water partition coefficient (Wildman–Crippen LogP) is 21.2. The maximum atomic E-state index is 14.0. The molecule has 0 aliphatic heterocycles. The van der Waals surface area contributed by atoms with Gasteiger partial charge in [-0.3, -0.25) is 14.1 Å². The molecule has 0 heterocycles. The fourth-order valence-corrected chi connectivity index (χ4v) is 20.0. The van der Waals surface area contributed by atoms with E-state index in [1.54, 1.807) is 69.3 Å². The average Bonchev–Trinajstić information content (AvgIpc) is 0.406. The standard InChI is InChI=1S/2C40H43N3.C32H30N2O8S2/c2*1-6-30-15-17-31(18-16-30)29-41-39-28-27-38(36-13-11-12-14-37(36)39)40(32-19-23-34(24-20-32)42(7-2)8-3)33-21-25-35(26-22-33)43(9-4)10-5;1-15-13-17(3)31(43(37,38)39)19(5)27(15)33-23-11-12-24(26-25(23)29(35)21-9-7-8-10-22(21)30(26)36)34-28-16(2)14-18(4)32(20(28)6)44(40,41)42/h2*6,11-28H,1,7-10,29H2,2-5H3;7-14,33-34H,1-6H3,(H,37,38,39)(H,40,41,42)/p+1. The largest absolute Gasteiger partial charge is 0.744 e. The van der Waals surface area contributed by atoms with Crippen molar-refractivity contribution in [3.05, 3.63) is 403 Å². The summed E-state index contributed by atoms with van der Waals surface area (Å²) in [6.07, 6.45) is 12.8. The van der Waals surface area contributed by atoms with Gasteiger partial charge < -0.3 is 34.8 Å². The molecule has 0 spiro atoms. The number of hydrogen-bond acceptors (Lipinski definition) is 13. The van der Waals surface area contributed by atoms with E-state index in [-0.39, 0.29) is 60.1 Å². The number of ketones is 2. The van der Waals surface area contributed by atoms with Crippen LogP contribution in [0.5, 0.6) is 0 Å². The van der Waals surface area contributed by atoms with Crippen LogP contribution >= 0.6 is 0 Å². The molecule has 0 fully saturated rings. The Balaban J connectivity index is 0.000000166. The first-order valence-electron chi connectivity index (χ1n) is 44.8. The summed E-state index contributed by atoms with van der Waals surface area (Å²) in [6, 6.07) is 83.7. The van der Waals surface area contributed by atoms with Gasteiger partial charge in [-0.15, -0.1) is 0 Å². The molecule has 0 aromatic heterocycles. The molecule has 3 aliphatic rings. The smallest absolute Gasteiger partial charge is 0.295 e. The summed E-state index contributed by atoms with van der Waals surface area (Å²) in [4.78, 5) is 44.4. The first kappa shape index (κ1) is 94.0. The Morgan fingerprint density at radius 1 is 0.369 bits per heavy atom. The highest BCUT2D eigenvalue weighted by molar-refractivity contribution is 7.86. The third kappa shape index (κ3) is 20.4. The van der Waals surface area contributed by atoms with Crippen LogP contribution in [0, 0.1) is 41.5 Å². The van der Waals surface area contributed by atoms with E-state index < -0.39 is 31.8 Å². The third-order valence-electron chi connectivity index (χ3n) is 24.8. The van der Waals surface area contributed by atoms with Crippen molar-refractivity contribution in [3.8, 4) is 0 Å². The number of fused-ring (bicyclic) bond motifs is 4.